The molecule has 4 rings (SSSR count). The van der Waals surface area contributed by atoms with E-state index in [-0.39, 0.29) is 17.1 Å². The summed E-state index contributed by atoms with van der Waals surface area (Å²) in [6, 6.07) is 16.5. The molecule has 1 aromatic heterocycles. The second-order valence-corrected chi connectivity index (χ2v) is 7.23. The number of hydrogen-bond donors (Lipinski definition) is 1. The summed E-state index contributed by atoms with van der Waals surface area (Å²) in [6.07, 6.45) is 2.59. The summed E-state index contributed by atoms with van der Waals surface area (Å²) < 4.78 is 6.18. The largest absolute Gasteiger partial charge is 0.438 e. The zero-order chi connectivity index (χ0) is 22.0. The second-order valence-electron chi connectivity index (χ2n) is 6.38. The van der Waals surface area contributed by atoms with Crippen molar-refractivity contribution < 1.29 is 19.2 Å². The van der Waals surface area contributed by atoms with Crippen LogP contribution in [0.5, 0.6) is 11.6 Å². The van der Waals surface area contributed by atoms with Gasteiger partial charge in [0.2, 0.25) is 5.88 Å². The van der Waals surface area contributed by atoms with E-state index in [1.165, 1.54) is 23.2 Å². The number of aromatic nitrogens is 1. The fourth-order valence-corrected chi connectivity index (χ4v) is 3.30. The molecular formula is C21H13BrN4O5. The number of hydrogen-bond acceptors (Lipinski definition) is 6. The monoisotopic (exact) mass is 480 g/mol. The number of amides is 2. The SMILES string of the molecule is O=C1NN(c2ccccc2)C(=O)C1=Cc1ccc(Oc2ccc([N+](=O)[O-])cn2)c(Br)c1. The number of para-hydroxylation sites is 1. The molecule has 0 spiro atoms. The van der Waals surface area contributed by atoms with Crippen molar-refractivity contribution in [1.29, 1.82) is 0 Å². The Labute approximate surface area is 184 Å². The molecule has 1 aliphatic heterocycles. The summed E-state index contributed by atoms with van der Waals surface area (Å²) >= 11 is 3.38. The maximum absolute atomic E-state index is 12.7. The van der Waals surface area contributed by atoms with E-state index >= 15 is 0 Å². The Bertz CT molecular complexity index is 1210. The predicted octanol–water partition coefficient (Wildman–Crippen LogP) is 4.01. The number of nitrogens with zero attached hydrogens (tertiary/aromatic N) is 3. The maximum Gasteiger partial charge on any atom is 0.287 e. The zero-order valence-corrected chi connectivity index (χ0v) is 17.3. The van der Waals surface area contributed by atoms with Crippen LogP contribution in [0.25, 0.3) is 6.08 Å². The van der Waals surface area contributed by atoms with Crippen molar-refractivity contribution in [3.05, 3.63) is 92.6 Å². The summed E-state index contributed by atoms with van der Waals surface area (Å²) in [4.78, 5) is 39.0. The summed E-state index contributed by atoms with van der Waals surface area (Å²) in [5, 5.41) is 11.9. The van der Waals surface area contributed by atoms with Crippen LogP contribution in [-0.4, -0.2) is 21.7 Å². The van der Waals surface area contributed by atoms with Crippen LogP contribution in [0.4, 0.5) is 11.4 Å². The molecule has 1 saturated heterocycles. The summed E-state index contributed by atoms with van der Waals surface area (Å²) in [6.45, 7) is 0. The van der Waals surface area contributed by atoms with Gasteiger partial charge in [-0.05, 0) is 51.8 Å². The van der Waals surface area contributed by atoms with Gasteiger partial charge in [-0.15, -0.1) is 0 Å². The van der Waals surface area contributed by atoms with Crippen LogP contribution >= 0.6 is 15.9 Å². The topological polar surface area (TPSA) is 115 Å². The Morgan fingerprint density at radius 2 is 1.87 bits per heavy atom. The molecule has 2 aromatic carbocycles. The fraction of sp³-hybridized carbons (Fsp3) is 0. The number of nitro groups is 1. The molecule has 154 valence electrons. The molecule has 9 nitrogen and oxygen atoms in total. The van der Waals surface area contributed by atoms with Crippen molar-refractivity contribution >= 4 is 45.2 Å². The van der Waals surface area contributed by atoms with Crippen LogP contribution < -0.4 is 15.2 Å². The lowest BCUT2D eigenvalue weighted by Gasteiger charge is -2.13. The minimum absolute atomic E-state index is 0.00135. The summed E-state index contributed by atoms with van der Waals surface area (Å²) in [7, 11) is 0. The fourth-order valence-electron chi connectivity index (χ4n) is 2.83. The van der Waals surface area contributed by atoms with E-state index in [1.54, 1.807) is 42.5 Å². The van der Waals surface area contributed by atoms with Gasteiger partial charge >= 0.3 is 0 Å². The number of benzene rings is 2. The van der Waals surface area contributed by atoms with Gasteiger partial charge in [0.25, 0.3) is 17.5 Å². The Hall–Kier alpha value is -4.05. The molecule has 0 saturated carbocycles. The smallest absolute Gasteiger partial charge is 0.287 e. The van der Waals surface area contributed by atoms with Crippen molar-refractivity contribution in [2.75, 3.05) is 5.01 Å². The Morgan fingerprint density at radius 1 is 1.10 bits per heavy atom. The van der Waals surface area contributed by atoms with Gasteiger partial charge in [0.15, 0.2) is 0 Å². The van der Waals surface area contributed by atoms with Gasteiger partial charge in [-0.2, -0.15) is 0 Å². The highest BCUT2D eigenvalue weighted by molar-refractivity contribution is 9.10. The first-order valence-corrected chi connectivity index (χ1v) is 9.72. The first-order chi connectivity index (χ1) is 14.9. The van der Waals surface area contributed by atoms with E-state index in [9.17, 15) is 19.7 Å². The van der Waals surface area contributed by atoms with Crippen LogP contribution in [0, 0.1) is 10.1 Å². The number of ether oxygens (including phenoxy) is 1. The lowest BCUT2D eigenvalue weighted by Crippen LogP contribution is -2.35. The minimum atomic E-state index is -0.547. The Kier molecular flexibility index (Phi) is 5.46. The number of carbonyl (C=O) groups excluding carboxylic acids is 2. The minimum Gasteiger partial charge on any atom is -0.438 e. The van der Waals surface area contributed by atoms with Gasteiger partial charge < -0.3 is 4.74 Å². The molecule has 3 aromatic rings. The van der Waals surface area contributed by atoms with Crippen molar-refractivity contribution in [3.63, 3.8) is 0 Å². The third-order valence-electron chi connectivity index (χ3n) is 4.32. The first kappa shape index (κ1) is 20.2. The van der Waals surface area contributed by atoms with E-state index in [0.29, 0.717) is 21.5 Å². The molecule has 0 radical (unpaired) electrons. The molecule has 2 amide bonds. The van der Waals surface area contributed by atoms with E-state index in [2.05, 4.69) is 26.3 Å². The molecule has 10 heteroatoms. The van der Waals surface area contributed by atoms with Gasteiger partial charge in [-0.3, -0.25) is 25.1 Å². The Balaban J connectivity index is 1.54. The number of pyridine rings is 1. The molecule has 0 atom stereocenters. The average molecular weight is 481 g/mol. The van der Waals surface area contributed by atoms with Crippen molar-refractivity contribution in [3.8, 4) is 11.6 Å². The van der Waals surface area contributed by atoms with Gasteiger partial charge in [-0.25, -0.2) is 9.99 Å². The van der Waals surface area contributed by atoms with Gasteiger partial charge in [0.1, 0.15) is 17.5 Å². The number of carbonyl (C=O) groups is 2. The van der Waals surface area contributed by atoms with Crippen molar-refractivity contribution in [2.45, 2.75) is 0 Å². The molecule has 1 N–H and O–H groups in total. The Morgan fingerprint density at radius 3 is 2.52 bits per heavy atom. The van der Waals surface area contributed by atoms with Crippen molar-refractivity contribution in [2.24, 2.45) is 0 Å². The normalized spacial score (nSPS) is 14.6. The van der Waals surface area contributed by atoms with Crippen molar-refractivity contribution in [1.82, 2.24) is 10.4 Å². The zero-order valence-electron chi connectivity index (χ0n) is 15.7. The molecule has 0 unspecified atom stereocenters. The molecular weight excluding hydrogens is 468 g/mol. The van der Waals surface area contributed by atoms with Crippen LogP contribution in [0.2, 0.25) is 0 Å². The second kappa shape index (κ2) is 8.36. The number of nitrogens with one attached hydrogen (secondary N) is 1. The number of rotatable bonds is 5. The molecule has 1 aliphatic rings. The van der Waals surface area contributed by atoms with E-state index in [4.69, 9.17) is 4.74 Å². The highest BCUT2D eigenvalue weighted by Crippen LogP contribution is 2.31. The molecule has 2 heterocycles. The maximum atomic E-state index is 12.7. The first-order valence-electron chi connectivity index (χ1n) is 8.92. The predicted molar refractivity (Wildman–Crippen MR) is 115 cm³/mol. The van der Waals surface area contributed by atoms with E-state index in [0.717, 1.165) is 6.20 Å². The molecule has 0 aliphatic carbocycles. The third-order valence-corrected chi connectivity index (χ3v) is 4.94. The summed E-state index contributed by atoms with van der Waals surface area (Å²) in [5.41, 5.74) is 3.57. The average Bonchev–Trinajstić information content (AvgIpc) is 3.05. The standard InChI is InChI=1S/C21H13BrN4O5/c22-17-11-13(6-8-18(17)31-19-9-7-15(12-23-19)26(29)30)10-16-20(27)24-25(21(16)28)14-4-2-1-3-5-14/h1-12H,(H,24,27). The number of anilines is 1. The van der Waals surface area contributed by atoms with Crippen LogP contribution in [0.3, 0.4) is 0 Å². The van der Waals surface area contributed by atoms with Crippen LogP contribution in [0.1, 0.15) is 5.56 Å². The van der Waals surface area contributed by atoms with E-state index in [1.807, 2.05) is 6.07 Å². The molecule has 31 heavy (non-hydrogen) atoms. The van der Waals surface area contributed by atoms with E-state index < -0.39 is 16.7 Å². The van der Waals surface area contributed by atoms with Gasteiger partial charge in [0.05, 0.1) is 15.1 Å². The molecule has 1 fully saturated rings. The highest BCUT2D eigenvalue weighted by Gasteiger charge is 2.34. The molecule has 0 bridgehead atoms. The van der Waals surface area contributed by atoms with Crippen LogP contribution in [-0.2, 0) is 9.59 Å². The highest BCUT2D eigenvalue weighted by atomic mass is 79.9. The quantitative estimate of drug-likeness (QED) is 0.255. The van der Waals surface area contributed by atoms with Crippen LogP contribution in [0.15, 0.2) is 76.9 Å². The van der Waals surface area contributed by atoms with Gasteiger partial charge in [-0.1, -0.05) is 24.3 Å². The summed E-state index contributed by atoms with van der Waals surface area (Å²) in [5.74, 6) is -0.360. The lowest BCUT2D eigenvalue weighted by molar-refractivity contribution is -0.385. The number of halogens is 1. The van der Waals surface area contributed by atoms with Gasteiger partial charge in [0, 0.05) is 12.1 Å². The lowest BCUT2D eigenvalue weighted by atomic mass is 10.1. The third kappa shape index (κ3) is 4.28. The number of hydrazine groups is 1.